The van der Waals surface area contributed by atoms with Gasteiger partial charge in [-0.3, -0.25) is 0 Å². The zero-order valence-electron chi connectivity index (χ0n) is 22.7. The van der Waals surface area contributed by atoms with E-state index in [2.05, 4.69) is 0 Å². The normalized spacial score (nSPS) is 36.0. The molecule has 2 aromatic rings. The van der Waals surface area contributed by atoms with Crippen molar-refractivity contribution in [2.24, 2.45) is 0 Å². The first-order chi connectivity index (χ1) is 20.4. The average molecular weight is 615 g/mol. The number of fused-ring (bicyclic) bond motifs is 1. The number of phenols is 4. The van der Waals surface area contributed by atoms with Gasteiger partial charge in [-0.15, -0.1) is 0 Å². The molecule has 11 atom stereocenters. The number of aliphatic hydroxyl groups is 6. The lowest BCUT2D eigenvalue weighted by molar-refractivity contribution is -0.347. The molecule has 0 aromatic heterocycles. The van der Waals surface area contributed by atoms with Gasteiger partial charge in [0, 0.05) is 18.1 Å². The number of hydrogen-bond donors (Lipinski definition) is 10. The summed E-state index contributed by atoms with van der Waals surface area (Å²) in [7, 11) is 1.25. The molecule has 43 heavy (non-hydrogen) atoms. The molecule has 3 heterocycles. The zero-order chi connectivity index (χ0) is 31.2. The van der Waals surface area contributed by atoms with Crippen molar-refractivity contribution >= 4 is 0 Å². The van der Waals surface area contributed by atoms with E-state index < -0.39 is 104 Å². The van der Waals surface area contributed by atoms with Crippen molar-refractivity contribution in [2.75, 3.05) is 20.3 Å². The van der Waals surface area contributed by atoms with Gasteiger partial charge in [0.1, 0.15) is 54.6 Å². The molecular weight excluding hydrogens is 580 g/mol. The van der Waals surface area contributed by atoms with Gasteiger partial charge >= 0.3 is 0 Å². The lowest BCUT2D eigenvalue weighted by Crippen LogP contribution is -2.62. The van der Waals surface area contributed by atoms with Gasteiger partial charge in [0.15, 0.2) is 41.7 Å². The Morgan fingerprint density at radius 1 is 0.791 bits per heavy atom. The van der Waals surface area contributed by atoms with Crippen molar-refractivity contribution in [1.29, 1.82) is 0 Å². The van der Waals surface area contributed by atoms with Crippen molar-refractivity contribution in [3.63, 3.8) is 0 Å². The van der Waals surface area contributed by atoms with Crippen LogP contribution in [0.4, 0.5) is 0 Å². The van der Waals surface area contributed by atoms with Crippen LogP contribution in [0.15, 0.2) is 24.3 Å². The molecule has 5 rings (SSSR count). The summed E-state index contributed by atoms with van der Waals surface area (Å²) in [5.74, 6) is -1.80. The number of phenolic OH excluding ortho intramolecular Hbond substituents is 4. The Morgan fingerprint density at radius 3 is 2.16 bits per heavy atom. The molecule has 0 amide bonds. The summed E-state index contributed by atoms with van der Waals surface area (Å²) in [5, 5.41) is 102. The highest BCUT2D eigenvalue weighted by Gasteiger charge is 2.49. The first kappa shape index (κ1) is 31.3. The topological polar surface area (TPSA) is 258 Å². The van der Waals surface area contributed by atoms with Crippen LogP contribution in [-0.4, -0.2) is 133 Å². The number of aromatic hydroxyl groups is 4. The molecule has 3 aliphatic rings. The summed E-state index contributed by atoms with van der Waals surface area (Å²) in [6.07, 6.45) is -16.3. The van der Waals surface area contributed by atoms with E-state index in [1.54, 1.807) is 0 Å². The first-order valence-corrected chi connectivity index (χ1v) is 13.3. The Hall–Kier alpha value is -3.16. The smallest absolute Gasteiger partial charge is 0.203 e. The third-order valence-corrected chi connectivity index (χ3v) is 7.73. The summed E-state index contributed by atoms with van der Waals surface area (Å²) in [4.78, 5) is 0. The average Bonchev–Trinajstić information content (AvgIpc) is 2.98. The third-order valence-electron chi connectivity index (χ3n) is 7.73. The van der Waals surface area contributed by atoms with Crippen LogP contribution in [0, 0.1) is 0 Å². The fourth-order valence-electron chi connectivity index (χ4n) is 5.33. The van der Waals surface area contributed by atoms with Crippen molar-refractivity contribution in [2.45, 2.75) is 73.9 Å². The number of aliphatic hydroxyl groups excluding tert-OH is 6. The molecule has 16 heteroatoms. The summed E-state index contributed by atoms with van der Waals surface area (Å²) in [5.41, 5.74) is 0.504. The highest BCUT2D eigenvalue weighted by atomic mass is 16.7. The number of benzene rings is 2. The molecule has 0 spiro atoms. The molecule has 0 radical (unpaired) electrons. The standard InChI is InChI=1S/C27H34O16/c1-38-25-13(31)6-14-10(18(25)32)5-15(24(40-14)9-2-3-11(29)12(30)4-9)41-26-22(36)20(34)17(8-39-26)43-27-23(37)21(35)19(33)16(7-28)42-27/h2-4,6,15-17,19-24,26-37H,5,7-8H2,1H3/t15-,16+,17-,19-,20-,21-,22-,23+,24+,26-,27-/m0/s1. The van der Waals surface area contributed by atoms with Crippen LogP contribution < -0.4 is 9.47 Å². The molecule has 10 N–H and O–H groups in total. The second-order valence-electron chi connectivity index (χ2n) is 10.5. The van der Waals surface area contributed by atoms with E-state index in [0.29, 0.717) is 5.56 Å². The largest absolute Gasteiger partial charge is 0.504 e. The Bertz CT molecular complexity index is 1290. The number of rotatable bonds is 7. The summed E-state index contributed by atoms with van der Waals surface area (Å²) in [6, 6.07) is 5.12. The molecule has 238 valence electrons. The van der Waals surface area contributed by atoms with Gasteiger partial charge in [-0.05, 0) is 17.7 Å². The molecule has 2 saturated heterocycles. The molecule has 16 nitrogen and oxygen atoms in total. The Morgan fingerprint density at radius 2 is 1.49 bits per heavy atom. The van der Waals surface area contributed by atoms with Gasteiger partial charge in [0.05, 0.1) is 20.3 Å². The SMILES string of the molecule is COc1c(O)cc2c(c1O)C[C@H](O[C@@H]1OC[C@H](O[C@@H]3O[C@H](CO)[C@H](O)[C@H](O)[C@H]3O)[C@H](O)[C@@H]1O)[C@@H](c1ccc(O)c(O)c1)O2. The second kappa shape index (κ2) is 12.4. The number of hydrogen-bond acceptors (Lipinski definition) is 16. The van der Waals surface area contributed by atoms with Crippen LogP contribution in [0.1, 0.15) is 17.2 Å². The maximum Gasteiger partial charge on any atom is 0.203 e. The first-order valence-electron chi connectivity index (χ1n) is 13.3. The summed E-state index contributed by atoms with van der Waals surface area (Å²) in [6.45, 7) is -1.10. The quantitative estimate of drug-likeness (QED) is 0.149. The van der Waals surface area contributed by atoms with Gasteiger partial charge in [-0.25, -0.2) is 0 Å². The van der Waals surface area contributed by atoms with Crippen molar-refractivity contribution in [3.8, 4) is 34.5 Å². The van der Waals surface area contributed by atoms with Crippen molar-refractivity contribution < 1.29 is 79.5 Å². The minimum Gasteiger partial charge on any atom is -0.504 e. The minimum atomic E-state index is -1.75. The molecule has 0 saturated carbocycles. The Kier molecular flexibility index (Phi) is 9.05. The second-order valence-corrected chi connectivity index (χ2v) is 10.5. The summed E-state index contributed by atoms with van der Waals surface area (Å²) >= 11 is 0. The maximum absolute atomic E-state index is 10.9. The van der Waals surface area contributed by atoms with Crippen LogP contribution >= 0.6 is 0 Å². The van der Waals surface area contributed by atoms with E-state index >= 15 is 0 Å². The molecule has 0 aliphatic carbocycles. The fourth-order valence-corrected chi connectivity index (χ4v) is 5.33. The van der Waals surface area contributed by atoms with Gasteiger partial charge in [0.2, 0.25) is 5.75 Å². The van der Waals surface area contributed by atoms with E-state index in [1.807, 2.05) is 0 Å². The van der Waals surface area contributed by atoms with E-state index in [0.717, 1.165) is 0 Å². The predicted octanol–water partition coefficient (Wildman–Crippen LogP) is -2.16. The third kappa shape index (κ3) is 5.86. The maximum atomic E-state index is 10.9. The van der Waals surface area contributed by atoms with Gasteiger partial charge < -0.3 is 79.5 Å². The molecular formula is C27H34O16. The minimum absolute atomic E-state index is 0.0753. The van der Waals surface area contributed by atoms with Crippen molar-refractivity contribution in [1.82, 2.24) is 0 Å². The molecule has 2 fully saturated rings. The molecule has 0 bridgehead atoms. The lowest BCUT2D eigenvalue weighted by atomic mass is 9.93. The van der Waals surface area contributed by atoms with Crippen LogP contribution in [0.3, 0.4) is 0 Å². The van der Waals surface area contributed by atoms with Crippen LogP contribution in [0.2, 0.25) is 0 Å². The molecule has 3 aliphatic heterocycles. The van der Waals surface area contributed by atoms with Crippen LogP contribution in [0.25, 0.3) is 0 Å². The highest BCUT2D eigenvalue weighted by Crippen LogP contribution is 2.49. The van der Waals surface area contributed by atoms with Gasteiger partial charge in [-0.2, -0.15) is 0 Å². The predicted molar refractivity (Wildman–Crippen MR) is 138 cm³/mol. The van der Waals surface area contributed by atoms with E-state index in [4.69, 9.17) is 28.4 Å². The van der Waals surface area contributed by atoms with E-state index in [-0.39, 0.29) is 23.5 Å². The van der Waals surface area contributed by atoms with Gasteiger partial charge in [0.25, 0.3) is 0 Å². The number of ether oxygens (including phenoxy) is 6. The number of methoxy groups -OCH3 is 1. The van der Waals surface area contributed by atoms with E-state index in [1.165, 1.54) is 31.4 Å². The Labute approximate surface area is 244 Å². The monoisotopic (exact) mass is 614 g/mol. The van der Waals surface area contributed by atoms with Crippen LogP contribution in [0.5, 0.6) is 34.5 Å². The fraction of sp³-hybridized carbons (Fsp3) is 0.556. The van der Waals surface area contributed by atoms with Gasteiger partial charge in [-0.1, -0.05) is 6.07 Å². The van der Waals surface area contributed by atoms with Crippen LogP contribution in [-0.2, 0) is 25.4 Å². The molecule has 2 aromatic carbocycles. The van der Waals surface area contributed by atoms with E-state index in [9.17, 15) is 51.1 Å². The Balaban J connectivity index is 1.35. The zero-order valence-corrected chi connectivity index (χ0v) is 22.7. The van der Waals surface area contributed by atoms with Crippen molar-refractivity contribution in [3.05, 3.63) is 35.4 Å². The lowest BCUT2D eigenvalue weighted by Gasteiger charge is -2.44. The molecule has 0 unspecified atom stereocenters. The summed E-state index contributed by atoms with van der Waals surface area (Å²) < 4.78 is 33.6. The highest BCUT2D eigenvalue weighted by molar-refractivity contribution is 5.61.